The lowest BCUT2D eigenvalue weighted by Crippen LogP contribution is -2.12. The first kappa shape index (κ1) is 9.77. The molecule has 0 amide bonds. The molecular weight excluding hydrogens is 164 g/mol. The van der Waals surface area contributed by atoms with Gasteiger partial charge in [0.25, 0.3) is 0 Å². The van der Waals surface area contributed by atoms with E-state index in [2.05, 4.69) is 30.7 Å². The summed E-state index contributed by atoms with van der Waals surface area (Å²) >= 11 is 0. The topological polar surface area (TPSA) is 77.8 Å². The van der Waals surface area contributed by atoms with Crippen LogP contribution in [0.4, 0.5) is 11.8 Å². The van der Waals surface area contributed by atoms with Crippen LogP contribution in [-0.4, -0.2) is 9.97 Å². The SMILES string of the molecule is CC(C)(C)Cc1cnc(N)nc1N. The maximum Gasteiger partial charge on any atom is 0.221 e. The molecule has 13 heavy (non-hydrogen) atoms. The van der Waals surface area contributed by atoms with E-state index in [0.29, 0.717) is 5.82 Å². The number of rotatable bonds is 1. The highest BCUT2D eigenvalue weighted by Gasteiger charge is 2.14. The van der Waals surface area contributed by atoms with Crippen LogP contribution < -0.4 is 11.5 Å². The van der Waals surface area contributed by atoms with E-state index in [1.807, 2.05) is 0 Å². The molecule has 1 rings (SSSR count). The second-order valence-corrected chi connectivity index (χ2v) is 4.38. The van der Waals surface area contributed by atoms with Crippen LogP contribution in [0.25, 0.3) is 0 Å². The van der Waals surface area contributed by atoms with Gasteiger partial charge in [-0.3, -0.25) is 0 Å². The van der Waals surface area contributed by atoms with E-state index < -0.39 is 0 Å². The van der Waals surface area contributed by atoms with Gasteiger partial charge in [0.1, 0.15) is 5.82 Å². The van der Waals surface area contributed by atoms with Crippen molar-refractivity contribution in [3.8, 4) is 0 Å². The first-order chi connectivity index (χ1) is 5.88. The summed E-state index contributed by atoms with van der Waals surface area (Å²) in [7, 11) is 0. The third-order valence-electron chi connectivity index (χ3n) is 1.64. The van der Waals surface area contributed by atoms with Crippen molar-refractivity contribution < 1.29 is 0 Å². The first-order valence-electron chi connectivity index (χ1n) is 4.25. The van der Waals surface area contributed by atoms with Gasteiger partial charge in [-0.2, -0.15) is 4.98 Å². The molecule has 0 atom stereocenters. The minimum atomic E-state index is 0.188. The van der Waals surface area contributed by atoms with Crippen molar-refractivity contribution in [2.24, 2.45) is 5.41 Å². The van der Waals surface area contributed by atoms with Gasteiger partial charge >= 0.3 is 0 Å². The van der Waals surface area contributed by atoms with Crippen LogP contribution in [-0.2, 0) is 6.42 Å². The number of nitrogens with zero attached hydrogens (tertiary/aromatic N) is 2. The fourth-order valence-electron chi connectivity index (χ4n) is 1.14. The van der Waals surface area contributed by atoms with Crippen LogP contribution in [0, 0.1) is 5.41 Å². The predicted octanol–water partition coefficient (Wildman–Crippen LogP) is 1.23. The Hall–Kier alpha value is -1.32. The Bertz CT molecular complexity index is 301. The monoisotopic (exact) mass is 180 g/mol. The fraction of sp³-hybridized carbons (Fsp3) is 0.556. The summed E-state index contributed by atoms with van der Waals surface area (Å²) in [5.74, 6) is 0.720. The maximum atomic E-state index is 5.70. The van der Waals surface area contributed by atoms with Crippen LogP contribution in [0.15, 0.2) is 6.20 Å². The highest BCUT2D eigenvalue weighted by Crippen LogP contribution is 2.22. The molecule has 0 aliphatic heterocycles. The zero-order valence-electron chi connectivity index (χ0n) is 8.33. The summed E-state index contributed by atoms with van der Waals surface area (Å²) in [5, 5.41) is 0. The second-order valence-electron chi connectivity index (χ2n) is 4.38. The van der Waals surface area contributed by atoms with Gasteiger partial charge in [-0.25, -0.2) is 4.98 Å². The lowest BCUT2D eigenvalue weighted by atomic mass is 9.89. The lowest BCUT2D eigenvalue weighted by molar-refractivity contribution is 0.411. The molecule has 4 N–H and O–H groups in total. The highest BCUT2D eigenvalue weighted by molar-refractivity contribution is 5.41. The van der Waals surface area contributed by atoms with Crippen molar-refractivity contribution in [2.45, 2.75) is 27.2 Å². The molecule has 0 fully saturated rings. The summed E-state index contributed by atoms with van der Waals surface area (Å²) in [6, 6.07) is 0. The number of nitrogens with two attached hydrogens (primary N) is 2. The fourth-order valence-corrected chi connectivity index (χ4v) is 1.14. The number of anilines is 2. The van der Waals surface area contributed by atoms with E-state index in [9.17, 15) is 0 Å². The average molecular weight is 180 g/mol. The molecule has 4 nitrogen and oxygen atoms in total. The van der Waals surface area contributed by atoms with Crippen molar-refractivity contribution >= 4 is 11.8 Å². The third kappa shape index (κ3) is 2.89. The van der Waals surface area contributed by atoms with Crippen LogP contribution in [0.1, 0.15) is 26.3 Å². The molecule has 0 bridgehead atoms. The Morgan fingerprint density at radius 3 is 2.38 bits per heavy atom. The second kappa shape index (κ2) is 3.20. The molecule has 0 aliphatic carbocycles. The average Bonchev–Trinajstić information content (AvgIpc) is 1.93. The standard InChI is InChI=1S/C9H16N4/c1-9(2,3)4-6-5-12-8(11)13-7(6)10/h5H,4H2,1-3H3,(H4,10,11,12,13). The minimum absolute atomic E-state index is 0.188. The van der Waals surface area contributed by atoms with Crippen molar-refractivity contribution in [2.75, 3.05) is 11.5 Å². The summed E-state index contributed by atoms with van der Waals surface area (Å²) in [6.45, 7) is 6.42. The molecular formula is C9H16N4. The number of nitrogen functional groups attached to an aromatic ring is 2. The van der Waals surface area contributed by atoms with E-state index in [1.165, 1.54) is 0 Å². The van der Waals surface area contributed by atoms with Gasteiger partial charge in [-0.15, -0.1) is 0 Å². The molecule has 0 radical (unpaired) electrons. The molecule has 1 aromatic heterocycles. The molecule has 4 heteroatoms. The Kier molecular flexibility index (Phi) is 2.40. The zero-order chi connectivity index (χ0) is 10.1. The van der Waals surface area contributed by atoms with Crippen molar-refractivity contribution in [1.29, 1.82) is 0 Å². The van der Waals surface area contributed by atoms with Gasteiger partial charge in [0.05, 0.1) is 0 Å². The van der Waals surface area contributed by atoms with E-state index in [1.54, 1.807) is 6.20 Å². The van der Waals surface area contributed by atoms with Crippen molar-refractivity contribution in [3.05, 3.63) is 11.8 Å². The first-order valence-corrected chi connectivity index (χ1v) is 4.25. The van der Waals surface area contributed by atoms with Crippen LogP contribution in [0.5, 0.6) is 0 Å². The third-order valence-corrected chi connectivity index (χ3v) is 1.64. The predicted molar refractivity (Wildman–Crippen MR) is 54.0 cm³/mol. The lowest BCUT2D eigenvalue weighted by Gasteiger charge is -2.18. The molecule has 0 unspecified atom stereocenters. The molecule has 72 valence electrons. The summed E-state index contributed by atoms with van der Waals surface area (Å²) < 4.78 is 0. The van der Waals surface area contributed by atoms with E-state index in [-0.39, 0.29) is 11.4 Å². The van der Waals surface area contributed by atoms with E-state index in [0.717, 1.165) is 12.0 Å². The quantitative estimate of drug-likeness (QED) is 0.681. The molecule has 1 aromatic rings. The van der Waals surface area contributed by atoms with Crippen LogP contribution >= 0.6 is 0 Å². The smallest absolute Gasteiger partial charge is 0.221 e. The Morgan fingerprint density at radius 2 is 1.92 bits per heavy atom. The highest BCUT2D eigenvalue weighted by atomic mass is 15.0. The van der Waals surface area contributed by atoms with E-state index >= 15 is 0 Å². The van der Waals surface area contributed by atoms with Crippen molar-refractivity contribution in [1.82, 2.24) is 9.97 Å². The number of hydrogen-bond donors (Lipinski definition) is 2. The van der Waals surface area contributed by atoms with Gasteiger partial charge < -0.3 is 11.5 Å². The largest absolute Gasteiger partial charge is 0.383 e. The molecule has 0 saturated carbocycles. The summed E-state index contributed by atoms with van der Waals surface area (Å²) in [4.78, 5) is 7.81. The van der Waals surface area contributed by atoms with Gasteiger partial charge in [0.15, 0.2) is 0 Å². The Balaban J connectivity index is 2.90. The minimum Gasteiger partial charge on any atom is -0.383 e. The normalized spacial score (nSPS) is 11.6. The van der Waals surface area contributed by atoms with Crippen LogP contribution in [0.2, 0.25) is 0 Å². The van der Waals surface area contributed by atoms with Gasteiger partial charge in [0, 0.05) is 11.8 Å². The van der Waals surface area contributed by atoms with E-state index in [4.69, 9.17) is 11.5 Å². The maximum absolute atomic E-state index is 5.70. The number of hydrogen-bond acceptors (Lipinski definition) is 4. The van der Waals surface area contributed by atoms with Crippen molar-refractivity contribution in [3.63, 3.8) is 0 Å². The molecule has 0 aromatic carbocycles. The van der Waals surface area contributed by atoms with Gasteiger partial charge in [-0.05, 0) is 11.8 Å². The van der Waals surface area contributed by atoms with Gasteiger partial charge in [0.2, 0.25) is 5.95 Å². The molecule has 0 aliphatic rings. The number of aromatic nitrogens is 2. The molecule has 0 spiro atoms. The summed E-state index contributed by atoms with van der Waals surface area (Å²) in [5.41, 5.74) is 12.2. The Labute approximate surface area is 78.4 Å². The van der Waals surface area contributed by atoms with Crippen LogP contribution in [0.3, 0.4) is 0 Å². The molecule has 0 saturated heterocycles. The Morgan fingerprint density at radius 1 is 1.31 bits per heavy atom. The van der Waals surface area contributed by atoms with Gasteiger partial charge in [-0.1, -0.05) is 20.8 Å². The molecule has 1 heterocycles. The summed E-state index contributed by atoms with van der Waals surface area (Å²) in [6.07, 6.45) is 2.56. The zero-order valence-corrected chi connectivity index (χ0v) is 8.33.